The van der Waals surface area contributed by atoms with Crippen molar-refractivity contribution in [3.63, 3.8) is 0 Å². The Bertz CT molecular complexity index is 889. The van der Waals surface area contributed by atoms with Crippen LogP contribution in [0.4, 0.5) is 4.39 Å². The lowest BCUT2D eigenvalue weighted by molar-refractivity contribution is 0.327. The minimum Gasteiger partial charge on any atom is -0.212 e. The minimum absolute atomic E-state index is 0.200. The normalized spacial score (nSPS) is 19.3. The summed E-state index contributed by atoms with van der Waals surface area (Å²) in [6.45, 7) is 0.425. The zero-order valence-electron chi connectivity index (χ0n) is 14.2. The van der Waals surface area contributed by atoms with Gasteiger partial charge in [-0.1, -0.05) is 54.2 Å². The highest BCUT2D eigenvalue weighted by Crippen LogP contribution is 2.34. The molecular weight excluding hydrogens is 396 g/mol. The molecule has 1 aliphatic heterocycles. The smallest absolute Gasteiger partial charge is 0.212 e. The van der Waals surface area contributed by atoms with Gasteiger partial charge in [0.05, 0.1) is 5.75 Å². The Hall–Kier alpha value is -1.14. The van der Waals surface area contributed by atoms with Crippen molar-refractivity contribution in [2.75, 3.05) is 6.54 Å². The second-order valence-corrected chi connectivity index (χ2v) is 9.29. The van der Waals surface area contributed by atoms with Crippen LogP contribution in [-0.4, -0.2) is 19.3 Å². The molecule has 1 heterocycles. The molecule has 0 amide bonds. The van der Waals surface area contributed by atoms with Crippen molar-refractivity contribution >= 4 is 33.2 Å². The van der Waals surface area contributed by atoms with Crippen molar-refractivity contribution in [3.8, 4) is 0 Å². The van der Waals surface area contributed by atoms with Gasteiger partial charge in [-0.05, 0) is 48.2 Å². The van der Waals surface area contributed by atoms with Crippen molar-refractivity contribution in [2.24, 2.45) is 0 Å². The quantitative estimate of drug-likeness (QED) is 0.653. The van der Waals surface area contributed by atoms with Gasteiger partial charge >= 0.3 is 0 Å². The molecule has 7 heteroatoms. The van der Waals surface area contributed by atoms with Crippen molar-refractivity contribution in [2.45, 2.75) is 37.5 Å². The maximum atomic E-state index is 13.7. The molecule has 1 atom stereocenters. The molecular formula is C19H20Cl2FNO2S. The average Bonchev–Trinajstić information content (AvgIpc) is 2.84. The Balaban J connectivity index is 1.93. The van der Waals surface area contributed by atoms with Crippen LogP contribution in [-0.2, 0) is 15.8 Å². The van der Waals surface area contributed by atoms with Gasteiger partial charge in [0.1, 0.15) is 5.82 Å². The molecule has 1 fully saturated rings. The minimum atomic E-state index is -3.62. The molecule has 2 aromatic rings. The first-order valence-corrected chi connectivity index (χ1v) is 10.9. The van der Waals surface area contributed by atoms with E-state index in [1.807, 2.05) is 0 Å². The molecule has 0 saturated carbocycles. The van der Waals surface area contributed by atoms with E-state index in [1.54, 1.807) is 30.3 Å². The Labute approximate surface area is 163 Å². The Morgan fingerprint density at radius 3 is 2.62 bits per heavy atom. The third-order valence-electron chi connectivity index (χ3n) is 4.65. The molecule has 0 N–H and O–H groups in total. The molecule has 0 spiro atoms. The molecule has 1 unspecified atom stereocenters. The molecule has 3 rings (SSSR count). The summed E-state index contributed by atoms with van der Waals surface area (Å²) in [5.74, 6) is -0.556. The highest BCUT2D eigenvalue weighted by Gasteiger charge is 2.32. The summed E-state index contributed by atoms with van der Waals surface area (Å²) in [7, 11) is -3.62. The molecule has 2 aromatic carbocycles. The predicted molar refractivity (Wildman–Crippen MR) is 103 cm³/mol. The van der Waals surface area contributed by atoms with Gasteiger partial charge in [-0.3, -0.25) is 0 Å². The number of rotatable bonds is 4. The van der Waals surface area contributed by atoms with Crippen LogP contribution in [0, 0.1) is 5.82 Å². The summed E-state index contributed by atoms with van der Waals surface area (Å²) in [4.78, 5) is 0. The summed E-state index contributed by atoms with van der Waals surface area (Å²) in [6, 6.07) is 10.7. The first-order chi connectivity index (χ1) is 12.4. The summed E-state index contributed by atoms with van der Waals surface area (Å²) in [6.07, 6.45) is 3.34. The third-order valence-corrected chi connectivity index (χ3v) is 7.06. The van der Waals surface area contributed by atoms with Crippen LogP contribution in [0.15, 0.2) is 42.5 Å². The lowest BCUT2D eigenvalue weighted by Crippen LogP contribution is -2.35. The summed E-state index contributed by atoms with van der Waals surface area (Å²) >= 11 is 12.1. The number of sulfonamides is 1. The standard InChI is InChI=1S/C19H20Cl2FNO2S/c20-16-9-8-15(18(21)12-16)13-26(24,25)23-10-3-1-2-7-19(23)14-5-4-6-17(22)11-14/h4-6,8-9,11-12,19H,1-3,7,10,13H2. The molecule has 26 heavy (non-hydrogen) atoms. The Morgan fingerprint density at radius 2 is 1.88 bits per heavy atom. The zero-order chi connectivity index (χ0) is 18.7. The lowest BCUT2D eigenvalue weighted by Gasteiger charge is -2.29. The summed E-state index contributed by atoms with van der Waals surface area (Å²) in [5.41, 5.74) is 1.20. The topological polar surface area (TPSA) is 37.4 Å². The molecule has 3 nitrogen and oxygen atoms in total. The molecule has 0 aromatic heterocycles. The Morgan fingerprint density at radius 1 is 1.08 bits per heavy atom. The highest BCUT2D eigenvalue weighted by atomic mass is 35.5. The Kier molecular flexibility index (Phi) is 6.23. The van der Waals surface area contributed by atoms with E-state index in [4.69, 9.17) is 23.2 Å². The van der Waals surface area contributed by atoms with Gasteiger partial charge in [-0.2, -0.15) is 4.31 Å². The van der Waals surface area contributed by atoms with Crippen molar-refractivity contribution < 1.29 is 12.8 Å². The van der Waals surface area contributed by atoms with Gasteiger partial charge < -0.3 is 0 Å². The van der Waals surface area contributed by atoms with Crippen molar-refractivity contribution in [3.05, 3.63) is 69.5 Å². The average molecular weight is 416 g/mol. The van der Waals surface area contributed by atoms with Crippen LogP contribution < -0.4 is 0 Å². The maximum absolute atomic E-state index is 13.7. The van der Waals surface area contributed by atoms with Crippen LogP contribution in [0.1, 0.15) is 42.9 Å². The highest BCUT2D eigenvalue weighted by molar-refractivity contribution is 7.88. The van der Waals surface area contributed by atoms with Crippen LogP contribution in [0.5, 0.6) is 0 Å². The van der Waals surface area contributed by atoms with Gasteiger partial charge in [0.25, 0.3) is 0 Å². The number of halogens is 3. The van der Waals surface area contributed by atoms with E-state index >= 15 is 0 Å². The number of hydrogen-bond donors (Lipinski definition) is 0. The molecule has 0 aliphatic carbocycles. The van der Waals surface area contributed by atoms with Crippen molar-refractivity contribution in [1.29, 1.82) is 0 Å². The number of hydrogen-bond acceptors (Lipinski definition) is 2. The third kappa shape index (κ3) is 4.58. The molecule has 1 aliphatic rings. The monoisotopic (exact) mass is 415 g/mol. The fourth-order valence-corrected chi connectivity index (χ4v) is 5.77. The largest absolute Gasteiger partial charge is 0.218 e. The van der Waals surface area contributed by atoms with Crippen molar-refractivity contribution in [1.82, 2.24) is 4.31 Å². The van der Waals surface area contributed by atoms with E-state index in [-0.39, 0.29) is 17.6 Å². The van der Waals surface area contributed by atoms with Gasteiger partial charge in [-0.25, -0.2) is 12.8 Å². The summed E-state index contributed by atoms with van der Waals surface area (Å²) in [5, 5.41) is 0.793. The van der Waals surface area contributed by atoms with Gasteiger partial charge in [-0.15, -0.1) is 0 Å². The van der Waals surface area contributed by atoms with Crippen LogP contribution >= 0.6 is 23.2 Å². The second kappa shape index (κ2) is 8.26. The second-order valence-electron chi connectivity index (χ2n) is 6.52. The molecule has 0 radical (unpaired) electrons. The van der Waals surface area contributed by atoms with Crippen LogP contribution in [0.25, 0.3) is 0 Å². The van der Waals surface area contributed by atoms with E-state index in [9.17, 15) is 12.8 Å². The molecule has 0 bridgehead atoms. The number of nitrogens with zero attached hydrogens (tertiary/aromatic N) is 1. The lowest BCUT2D eigenvalue weighted by atomic mass is 10.0. The molecule has 1 saturated heterocycles. The van der Waals surface area contributed by atoms with E-state index in [1.165, 1.54) is 16.4 Å². The first-order valence-electron chi connectivity index (χ1n) is 8.56. The van der Waals surface area contributed by atoms with E-state index in [0.29, 0.717) is 34.1 Å². The van der Waals surface area contributed by atoms with Crippen LogP contribution in [0.2, 0.25) is 10.0 Å². The fourth-order valence-electron chi connectivity index (χ4n) is 3.38. The first kappa shape index (κ1) is 19.6. The van der Waals surface area contributed by atoms with Gasteiger partial charge in [0.15, 0.2) is 0 Å². The fraction of sp³-hybridized carbons (Fsp3) is 0.368. The summed E-state index contributed by atoms with van der Waals surface area (Å²) < 4.78 is 41.5. The van der Waals surface area contributed by atoms with E-state index in [0.717, 1.165) is 19.3 Å². The van der Waals surface area contributed by atoms with E-state index in [2.05, 4.69) is 0 Å². The zero-order valence-corrected chi connectivity index (χ0v) is 16.5. The maximum Gasteiger partial charge on any atom is 0.218 e. The van der Waals surface area contributed by atoms with E-state index < -0.39 is 10.0 Å². The molecule has 140 valence electrons. The van der Waals surface area contributed by atoms with Crippen LogP contribution in [0.3, 0.4) is 0 Å². The van der Waals surface area contributed by atoms with Gasteiger partial charge in [0, 0.05) is 22.6 Å². The van der Waals surface area contributed by atoms with Gasteiger partial charge in [0.2, 0.25) is 10.0 Å². The predicted octanol–water partition coefficient (Wildman–Crippen LogP) is 5.58. The SMILES string of the molecule is O=S(=O)(Cc1ccc(Cl)cc1Cl)N1CCCCCC1c1cccc(F)c1. The number of benzene rings is 2.